The first kappa shape index (κ1) is 21.5. The SMILES string of the molecule is CC1[C@H]2CC[C@H]3C4CC=C5C[C@@H](N(C)C(=O)OCC6CO6)CCC5(C)[C@H]4CCC23CN1C. The van der Waals surface area contributed by atoms with E-state index in [1.54, 1.807) is 5.57 Å². The van der Waals surface area contributed by atoms with Gasteiger partial charge >= 0.3 is 6.09 Å². The molecule has 1 spiro atoms. The van der Waals surface area contributed by atoms with Crippen molar-refractivity contribution in [2.24, 2.45) is 34.5 Å². The van der Waals surface area contributed by atoms with Gasteiger partial charge in [-0.05, 0) is 99.8 Å². The third-order valence-corrected chi connectivity index (χ3v) is 11.3. The van der Waals surface area contributed by atoms with Crippen molar-refractivity contribution >= 4 is 6.09 Å². The smallest absolute Gasteiger partial charge is 0.409 e. The Balaban J connectivity index is 1.18. The second-order valence-corrected chi connectivity index (χ2v) is 12.4. The number of allylic oxidation sites excluding steroid dienone is 1. The average molecular weight is 443 g/mol. The molecule has 6 aliphatic rings. The molecule has 0 radical (unpaired) electrons. The molecule has 4 aliphatic carbocycles. The van der Waals surface area contributed by atoms with Gasteiger partial charge in [-0.2, -0.15) is 0 Å². The third-order valence-electron chi connectivity index (χ3n) is 11.3. The largest absolute Gasteiger partial charge is 0.447 e. The lowest BCUT2D eigenvalue weighted by Gasteiger charge is -2.58. The lowest BCUT2D eigenvalue weighted by atomic mass is 9.47. The van der Waals surface area contributed by atoms with Crippen LogP contribution in [0, 0.1) is 34.5 Å². The second-order valence-electron chi connectivity index (χ2n) is 12.4. The van der Waals surface area contributed by atoms with Gasteiger partial charge in [0.05, 0.1) is 6.61 Å². The number of rotatable bonds is 3. The number of fused-ring (bicyclic) bond motifs is 4. The zero-order valence-electron chi connectivity index (χ0n) is 20.5. The van der Waals surface area contributed by atoms with Gasteiger partial charge < -0.3 is 19.3 Å². The van der Waals surface area contributed by atoms with Crippen LogP contribution in [0.1, 0.15) is 65.2 Å². The van der Waals surface area contributed by atoms with Crippen molar-refractivity contribution in [3.8, 4) is 0 Å². The molecule has 2 aliphatic heterocycles. The van der Waals surface area contributed by atoms with Gasteiger partial charge in [-0.25, -0.2) is 4.79 Å². The van der Waals surface area contributed by atoms with Gasteiger partial charge in [0, 0.05) is 25.7 Å². The Bertz CT molecular complexity index is 809. The number of carbonyl (C=O) groups is 1. The van der Waals surface area contributed by atoms with Crippen LogP contribution in [0.25, 0.3) is 0 Å². The second kappa shape index (κ2) is 7.46. The molecule has 5 fully saturated rings. The van der Waals surface area contributed by atoms with Crippen molar-refractivity contribution in [2.75, 3.05) is 33.9 Å². The Hall–Kier alpha value is -1.07. The van der Waals surface area contributed by atoms with E-state index in [0.717, 1.165) is 49.2 Å². The van der Waals surface area contributed by atoms with Crippen molar-refractivity contribution in [3.63, 3.8) is 0 Å². The molecule has 0 N–H and O–H groups in total. The Labute approximate surface area is 193 Å². The summed E-state index contributed by atoms with van der Waals surface area (Å²) in [4.78, 5) is 17.1. The van der Waals surface area contributed by atoms with Crippen LogP contribution in [0.2, 0.25) is 0 Å². The first-order chi connectivity index (χ1) is 15.3. The molecule has 6 rings (SSSR count). The molecule has 1 amide bonds. The molecule has 0 aromatic heterocycles. The molecule has 9 atom stereocenters. The number of hydrogen-bond donors (Lipinski definition) is 0. The first-order valence-corrected chi connectivity index (χ1v) is 13.2. The molecule has 32 heavy (non-hydrogen) atoms. The maximum atomic E-state index is 12.6. The van der Waals surface area contributed by atoms with Gasteiger partial charge in [0.25, 0.3) is 0 Å². The molecule has 2 saturated heterocycles. The van der Waals surface area contributed by atoms with Crippen molar-refractivity contribution < 1.29 is 14.3 Å². The van der Waals surface area contributed by atoms with Crippen LogP contribution in [0.3, 0.4) is 0 Å². The monoisotopic (exact) mass is 442 g/mol. The number of ether oxygens (including phenoxy) is 2. The van der Waals surface area contributed by atoms with Crippen LogP contribution < -0.4 is 0 Å². The molecule has 5 nitrogen and oxygen atoms in total. The summed E-state index contributed by atoms with van der Waals surface area (Å²) in [5, 5.41) is 0. The fraction of sp³-hybridized carbons (Fsp3) is 0.889. The van der Waals surface area contributed by atoms with Crippen molar-refractivity contribution in [1.82, 2.24) is 9.80 Å². The molecule has 0 bridgehead atoms. The van der Waals surface area contributed by atoms with E-state index in [2.05, 4.69) is 31.9 Å². The van der Waals surface area contributed by atoms with Crippen LogP contribution in [-0.4, -0.2) is 67.9 Å². The van der Waals surface area contributed by atoms with Crippen molar-refractivity contribution in [3.05, 3.63) is 11.6 Å². The maximum Gasteiger partial charge on any atom is 0.409 e. The van der Waals surface area contributed by atoms with Gasteiger partial charge in [-0.15, -0.1) is 0 Å². The highest BCUT2D eigenvalue weighted by molar-refractivity contribution is 5.67. The molecule has 0 aromatic rings. The summed E-state index contributed by atoms with van der Waals surface area (Å²) in [6.07, 6.45) is 13.0. The van der Waals surface area contributed by atoms with Crippen LogP contribution in [-0.2, 0) is 9.47 Å². The minimum Gasteiger partial charge on any atom is -0.447 e. The Kier molecular flexibility index (Phi) is 5.01. The van der Waals surface area contributed by atoms with E-state index in [9.17, 15) is 4.79 Å². The Morgan fingerprint density at radius 1 is 1.22 bits per heavy atom. The highest BCUT2D eigenvalue weighted by Gasteiger charge is 2.64. The van der Waals surface area contributed by atoms with Crippen molar-refractivity contribution in [1.29, 1.82) is 0 Å². The third kappa shape index (κ3) is 3.06. The Morgan fingerprint density at radius 2 is 2.00 bits per heavy atom. The zero-order chi connectivity index (χ0) is 22.3. The first-order valence-electron chi connectivity index (χ1n) is 13.2. The minimum atomic E-state index is -0.181. The number of epoxide rings is 1. The average Bonchev–Trinajstić information content (AvgIpc) is 3.49. The zero-order valence-corrected chi connectivity index (χ0v) is 20.5. The van der Waals surface area contributed by atoms with E-state index in [1.807, 2.05) is 11.9 Å². The summed E-state index contributed by atoms with van der Waals surface area (Å²) in [5.74, 6) is 3.56. The fourth-order valence-corrected chi connectivity index (χ4v) is 9.35. The summed E-state index contributed by atoms with van der Waals surface area (Å²) in [6.45, 7) is 7.52. The summed E-state index contributed by atoms with van der Waals surface area (Å²) in [6, 6.07) is 1.03. The number of carbonyl (C=O) groups excluding carboxylic acids is 1. The van der Waals surface area contributed by atoms with Crippen LogP contribution in [0.4, 0.5) is 4.79 Å². The number of likely N-dealkylation sites (tertiary alicyclic amines) is 1. The van der Waals surface area contributed by atoms with E-state index in [-0.39, 0.29) is 18.2 Å². The topological polar surface area (TPSA) is 45.3 Å². The summed E-state index contributed by atoms with van der Waals surface area (Å²) in [7, 11) is 4.29. The number of amides is 1. The predicted octanol–water partition coefficient (Wildman–Crippen LogP) is 4.72. The van der Waals surface area contributed by atoms with Crippen LogP contribution in [0.5, 0.6) is 0 Å². The maximum absolute atomic E-state index is 12.6. The molecule has 3 saturated carbocycles. The highest BCUT2D eigenvalue weighted by atomic mass is 16.6. The molecule has 2 heterocycles. The summed E-state index contributed by atoms with van der Waals surface area (Å²) < 4.78 is 10.6. The highest BCUT2D eigenvalue weighted by Crippen LogP contribution is 2.68. The van der Waals surface area contributed by atoms with E-state index in [1.165, 1.54) is 45.1 Å². The molecular weight excluding hydrogens is 400 g/mol. The lowest BCUT2D eigenvalue weighted by molar-refractivity contribution is -0.0435. The van der Waals surface area contributed by atoms with Gasteiger partial charge in [0.15, 0.2) is 0 Å². The minimum absolute atomic E-state index is 0.132. The van der Waals surface area contributed by atoms with Gasteiger partial charge in [-0.3, -0.25) is 0 Å². The van der Waals surface area contributed by atoms with Gasteiger partial charge in [-0.1, -0.05) is 18.6 Å². The van der Waals surface area contributed by atoms with E-state index in [0.29, 0.717) is 17.4 Å². The van der Waals surface area contributed by atoms with Crippen molar-refractivity contribution in [2.45, 2.75) is 83.4 Å². The van der Waals surface area contributed by atoms with E-state index in [4.69, 9.17) is 9.47 Å². The normalized spacial score (nSPS) is 49.4. The number of nitrogens with zero attached hydrogens (tertiary/aromatic N) is 2. The van der Waals surface area contributed by atoms with E-state index >= 15 is 0 Å². The quantitative estimate of drug-likeness (QED) is 0.469. The summed E-state index contributed by atoms with van der Waals surface area (Å²) >= 11 is 0. The predicted molar refractivity (Wildman–Crippen MR) is 124 cm³/mol. The molecule has 0 aromatic carbocycles. The van der Waals surface area contributed by atoms with Gasteiger partial charge in [0.1, 0.15) is 12.7 Å². The van der Waals surface area contributed by atoms with Crippen LogP contribution >= 0.6 is 0 Å². The van der Waals surface area contributed by atoms with Gasteiger partial charge in [0.2, 0.25) is 0 Å². The van der Waals surface area contributed by atoms with E-state index < -0.39 is 0 Å². The number of hydrogen-bond acceptors (Lipinski definition) is 4. The lowest BCUT2D eigenvalue weighted by Crippen LogP contribution is -2.53. The molecule has 178 valence electrons. The standard InChI is InChI=1S/C27H42N2O3/c1-17-22-7-8-24-21-6-5-18-13-19(29(4)25(30)32-15-20-14-31-20)9-11-26(18,2)23(21)10-12-27(22,24)16-28(17)3/h5,17,19-24H,6-16H2,1-4H3/t17?,19-,20?,21?,22+,23-,24-,26?,27?/m0/s1. The summed E-state index contributed by atoms with van der Waals surface area (Å²) in [5.41, 5.74) is 2.58. The molecule has 5 heteroatoms. The van der Waals surface area contributed by atoms with Crippen LogP contribution in [0.15, 0.2) is 11.6 Å². The fourth-order valence-electron chi connectivity index (χ4n) is 9.35. The Morgan fingerprint density at radius 3 is 2.78 bits per heavy atom. The molecular formula is C27H42N2O3. The molecule has 5 unspecified atom stereocenters.